The van der Waals surface area contributed by atoms with Gasteiger partial charge in [-0.1, -0.05) is 32.9 Å². The van der Waals surface area contributed by atoms with Crippen molar-refractivity contribution >= 4 is 5.82 Å². The number of fused-ring (bicyclic) bond motifs is 1. The van der Waals surface area contributed by atoms with Crippen LogP contribution in [0, 0.1) is 17.8 Å². The second-order valence-electron chi connectivity index (χ2n) is 8.73. The standard InChI is InChI=1S/C23H31N3O/c1-15(2)17-8-9-18-20(14-17)24-22(19-6-4-5-7-21(19)27)25-23(18)26-12-10-16(3)11-13-26/h4-7,15-17,27H,8-14H2,1-3H3. The molecule has 144 valence electrons. The SMILES string of the molecule is CC1CCN(c2nc(-c3ccccc3O)nc3c2CCC(C(C)C)C3)CC1. The van der Waals surface area contributed by atoms with Crippen molar-refractivity contribution < 1.29 is 5.11 Å². The van der Waals surface area contributed by atoms with Crippen molar-refractivity contribution in [3.8, 4) is 17.1 Å². The number of nitrogens with zero attached hydrogens (tertiary/aromatic N) is 3. The predicted octanol–water partition coefficient (Wildman–Crippen LogP) is 4.85. The molecule has 0 bridgehead atoms. The molecule has 4 rings (SSSR count). The van der Waals surface area contributed by atoms with Gasteiger partial charge in [-0.05, 0) is 62.0 Å². The second-order valence-corrected chi connectivity index (χ2v) is 8.73. The maximum Gasteiger partial charge on any atom is 0.165 e. The molecule has 1 unspecified atom stereocenters. The number of piperidine rings is 1. The van der Waals surface area contributed by atoms with E-state index in [1.54, 1.807) is 6.07 Å². The van der Waals surface area contributed by atoms with E-state index in [9.17, 15) is 5.11 Å². The average Bonchev–Trinajstić information content (AvgIpc) is 2.67. The highest BCUT2D eigenvalue weighted by Gasteiger charge is 2.29. The van der Waals surface area contributed by atoms with Gasteiger partial charge in [0.25, 0.3) is 0 Å². The number of hydrogen-bond donors (Lipinski definition) is 1. The Hall–Kier alpha value is -2.10. The third kappa shape index (κ3) is 3.67. The fourth-order valence-corrected chi connectivity index (χ4v) is 4.46. The molecule has 1 atom stereocenters. The second kappa shape index (κ2) is 7.49. The van der Waals surface area contributed by atoms with E-state index in [1.165, 1.54) is 30.5 Å². The first-order chi connectivity index (χ1) is 13.0. The minimum Gasteiger partial charge on any atom is -0.507 e. The number of aromatic nitrogens is 2. The number of benzene rings is 1. The van der Waals surface area contributed by atoms with Gasteiger partial charge in [0, 0.05) is 18.7 Å². The summed E-state index contributed by atoms with van der Waals surface area (Å²) >= 11 is 0. The lowest BCUT2D eigenvalue weighted by atomic mass is 9.80. The largest absolute Gasteiger partial charge is 0.507 e. The number of aromatic hydroxyl groups is 1. The van der Waals surface area contributed by atoms with Crippen LogP contribution in [0.25, 0.3) is 11.4 Å². The molecule has 1 N–H and O–H groups in total. The summed E-state index contributed by atoms with van der Waals surface area (Å²) in [6, 6.07) is 7.43. The minimum absolute atomic E-state index is 0.256. The van der Waals surface area contributed by atoms with E-state index in [0.29, 0.717) is 17.7 Å². The number of phenols is 1. The van der Waals surface area contributed by atoms with Gasteiger partial charge >= 0.3 is 0 Å². The first kappa shape index (κ1) is 18.3. The molecular weight excluding hydrogens is 334 g/mol. The molecule has 2 aromatic rings. The van der Waals surface area contributed by atoms with Gasteiger partial charge in [0.2, 0.25) is 0 Å². The maximum atomic E-state index is 10.4. The predicted molar refractivity (Wildman–Crippen MR) is 110 cm³/mol. The molecule has 1 saturated heterocycles. The summed E-state index contributed by atoms with van der Waals surface area (Å²) in [5.41, 5.74) is 3.28. The third-order valence-electron chi connectivity index (χ3n) is 6.46. The fourth-order valence-electron chi connectivity index (χ4n) is 4.46. The molecule has 1 aromatic heterocycles. The maximum absolute atomic E-state index is 10.4. The highest BCUT2D eigenvalue weighted by Crippen LogP contribution is 2.37. The molecule has 2 aliphatic rings. The van der Waals surface area contributed by atoms with Crippen LogP contribution < -0.4 is 4.90 Å². The molecule has 4 nitrogen and oxygen atoms in total. The van der Waals surface area contributed by atoms with Crippen LogP contribution in [0.3, 0.4) is 0 Å². The number of rotatable bonds is 3. The Balaban J connectivity index is 1.78. The van der Waals surface area contributed by atoms with E-state index in [4.69, 9.17) is 9.97 Å². The summed E-state index contributed by atoms with van der Waals surface area (Å²) in [4.78, 5) is 12.4. The van der Waals surface area contributed by atoms with Gasteiger partial charge in [0.15, 0.2) is 5.82 Å². The Labute approximate surface area is 162 Å². The van der Waals surface area contributed by atoms with Crippen molar-refractivity contribution in [2.75, 3.05) is 18.0 Å². The van der Waals surface area contributed by atoms with Gasteiger partial charge in [-0.15, -0.1) is 0 Å². The van der Waals surface area contributed by atoms with Crippen LogP contribution in [0.4, 0.5) is 5.82 Å². The average molecular weight is 366 g/mol. The van der Waals surface area contributed by atoms with Crippen LogP contribution >= 0.6 is 0 Å². The molecule has 0 spiro atoms. The smallest absolute Gasteiger partial charge is 0.165 e. The van der Waals surface area contributed by atoms with Crippen LogP contribution in [0.15, 0.2) is 24.3 Å². The Morgan fingerprint density at radius 1 is 1.07 bits per heavy atom. The summed E-state index contributed by atoms with van der Waals surface area (Å²) in [5.74, 6) is 4.19. The number of anilines is 1. The van der Waals surface area contributed by atoms with Crippen molar-refractivity contribution in [1.82, 2.24) is 9.97 Å². The zero-order chi connectivity index (χ0) is 19.0. The molecule has 0 radical (unpaired) electrons. The molecule has 1 aromatic carbocycles. The fraction of sp³-hybridized carbons (Fsp3) is 0.565. The first-order valence-electron chi connectivity index (χ1n) is 10.5. The van der Waals surface area contributed by atoms with Crippen LogP contribution in [-0.4, -0.2) is 28.2 Å². The van der Waals surface area contributed by atoms with Gasteiger partial charge in [0.05, 0.1) is 11.3 Å². The van der Waals surface area contributed by atoms with E-state index in [2.05, 4.69) is 25.7 Å². The number of para-hydroxylation sites is 1. The lowest BCUT2D eigenvalue weighted by Crippen LogP contribution is -2.35. The van der Waals surface area contributed by atoms with Gasteiger partial charge in [0.1, 0.15) is 11.6 Å². The molecule has 4 heteroatoms. The molecular formula is C23H31N3O. The molecule has 1 aliphatic carbocycles. The summed E-state index contributed by atoms with van der Waals surface area (Å²) in [5, 5.41) is 10.4. The lowest BCUT2D eigenvalue weighted by Gasteiger charge is -2.35. The Morgan fingerprint density at radius 3 is 2.52 bits per heavy atom. The van der Waals surface area contributed by atoms with Gasteiger partial charge in [-0.2, -0.15) is 0 Å². The summed E-state index contributed by atoms with van der Waals surface area (Å²) in [6.07, 6.45) is 5.76. The molecule has 2 heterocycles. The van der Waals surface area contributed by atoms with Crippen molar-refractivity contribution in [3.63, 3.8) is 0 Å². The van der Waals surface area contributed by atoms with Crippen LogP contribution in [0.1, 0.15) is 51.3 Å². The van der Waals surface area contributed by atoms with Crippen molar-refractivity contribution in [1.29, 1.82) is 0 Å². The molecule has 0 saturated carbocycles. The number of hydrogen-bond acceptors (Lipinski definition) is 4. The van der Waals surface area contributed by atoms with Crippen LogP contribution in [0.2, 0.25) is 0 Å². The van der Waals surface area contributed by atoms with E-state index >= 15 is 0 Å². The van der Waals surface area contributed by atoms with Crippen LogP contribution in [0.5, 0.6) is 5.75 Å². The molecule has 27 heavy (non-hydrogen) atoms. The zero-order valence-corrected chi connectivity index (χ0v) is 16.8. The quantitative estimate of drug-likeness (QED) is 0.845. The Kier molecular flexibility index (Phi) is 5.07. The van der Waals surface area contributed by atoms with Crippen molar-refractivity contribution in [2.45, 2.75) is 52.9 Å². The van der Waals surface area contributed by atoms with E-state index in [0.717, 1.165) is 43.2 Å². The highest BCUT2D eigenvalue weighted by molar-refractivity contribution is 5.66. The number of phenolic OH excluding ortho intramolecular Hbond substituents is 1. The van der Waals surface area contributed by atoms with Crippen LogP contribution in [-0.2, 0) is 12.8 Å². The summed E-state index contributed by atoms with van der Waals surface area (Å²) in [6.45, 7) is 9.10. The lowest BCUT2D eigenvalue weighted by molar-refractivity contribution is 0.338. The third-order valence-corrected chi connectivity index (χ3v) is 6.46. The van der Waals surface area contributed by atoms with E-state index in [1.807, 2.05) is 18.2 Å². The minimum atomic E-state index is 0.256. The topological polar surface area (TPSA) is 49.2 Å². The monoisotopic (exact) mass is 365 g/mol. The Bertz CT molecular complexity index is 809. The Morgan fingerprint density at radius 2 is 1.81 bits per heavy atom. The van der Waals surface area contributed by atoms with Crippen molar-refractivity contribution in [2.24, 2.45) is 17.8 Å². The molecule has 0 amide bonds. The van der Waals surface area contributed by atoms with E-state index < -0.39 is 0 Å². The van der Waals surface area contributed by atoms with Gasteiger partial charge in [-0.3, -0.25) is 0 Å². The van der Waals surface area contributed by atoms with Gasteiger partial charge in [-0.25, -0.2) is 9.97 Å². The van der Waals surface area contributed by atoms with Gasteiger partial charge < -0.3 is 10.0 Å². The first-order valence-corrected chi connectivity index (χ1v) is 10.5. The van der Waals surface area contributed by atoms with E-state index in [-0.39, 0.29) is 5.75 Å². The summed E-state index contributed by atoms with van der Waals surface area (Å²) in [7, 11) is 0. The normalized spacial score (nSPS) is 20.7. The zero-order valence-electron chi connectivity index (χ0n) is 16.8. The highest BCUT2D eigenvalue weighted by atomic mass is 16.3. The summed E-state index contributed by atoms with van der Waals surface area (Å²) < 4.78 is 0. The van der Waals surface area contributed by atoms with Crippen molar-refractivity contribution in [3.05, 3.63) is 35.5 Å². The molecule has 1 fully saturated rings. The molecule has 1 aliphatic heterocycles.